The second kappa shape index (κ2) is 6.07. The van der Waals surface area contributed by atoms with Crippen molar-refractivity contribution in [3.05, 3.63) is 56.5 Å². The van der Waals surface area contributed by atoms with Gasteiger partial charge in [0.25, 0.3) is 0 Å². The van der Waals surface area contributed by atoms with E-state index < -0.39 is 0 Å². The van der Waals surface area contributed by atoms with E-state index in [-0.39, 0.29) is 6.04 Å². The first-order valence-electron chi connectivity index (χ1n) is 5.96. The molecule has 0 aliphatic heterocycles. The van der Waals surface area contributed by atoms with Crippen molar-refractivity contribution < 1.29 is 4.74 Å². The summed E-state index contributed by atoms with van der Waals surface area (Å²) in [6.07, 6.45) is 0. The molecule has 0 radical (unpaired) electrons. The summed E-state index contributed by atoms with van der Waals surface area (Å²) in [5.41, 5.74) is 8.02. The van der Waals surface area contributed by atoms with Gasteiger partial charge < -0.3 is 10.5 Å². The molecule has 0 unspecified atom stereocenters. The molecule has 2 N–H and O–H groups in total. The number of rotatable bonds is 3. The molecule has 0 fully saturated rings. The number of hydrogen-bond acceptors (Lipinski definition) is 2. The van der Waals surface area contributed by atoms with Crippen molar-refractivity contribution in [2.75, 3.05) is 0 Å². The fourth-order valence-electron chi connectivity index (χ4n) is 1.69. The molecule has 0 saturated carbocycles. The van der Waals surface area contributed by atoms with Crippen LogP contribution < -0.4 is 10.5 Å². The zero-order chi connectivity index (χ0) is 14.0. The highest BCUT2D eigenvalue weighted by Crippen LogP contribution is 2.34. The molecule has 0 saturated heterocycles. The van der Waals surface area contributed by atoms with Crippen molar-refractivity contribution >= 4 is 31.9 Å². The summed E-state index contributed by atoms with van der Waals surface area (Å²) in [5.74, 6) is 1.62. The van der Waals surface area contributed by atoms with Crippen LogP contribution in [0.4, 0.5) is 0 Å². The molecule has 0 aliphatic carbocycles. The average molecular weight is 385 g/mol. The summed E-state index contributed by atoms with van der Waals surface area (Å²) in [7, 11) is 0. The summed E-state index contributed by atoms with van der Waals surface area (Å²) in [4.78, 5) is 0. The van der Waals surface area contributed by atoms with Crippen LogP contribution >= 0.6 is 31.9 Å². The monoisotopic (exact) mass is 383 g/mol. The SMILES string of the molecule is Cc1ccc(Br)cc1Oc1ccc([C@H](C)N)cc1Br. The van der Waals surface area contributed by atoms with Gasteiger partial charge in [0.05, 0.1) is 4.47 Å². The molecule has 0 spiro atoms. The Labute approximate surface area is 130 Å². The topological polar surface area (TPSA) is 35.2 Å². The van der Waals surface area contributed by atoms with Gasteiger partial charge in [0, 0.05) is 10.5 Å². The lowest BCUT2D eigenvalue weighted by Gasteiger charge is -2.13. The van der Waals surface area contributed by atoms with E-state index in [1.54, 1.807) is 0 Å². The van der Waals surface area contributed by atoms with E-state index in [4.69, 9.17) is 10.5 Å². The third kappa shape index (κ3) is 3.59. The van der Waals surface area contributed by atoms with Crippen molar-refractivity contribution in [2.45, 2.75) is 19.9 Å². The van der Waals surface area contributed by atoms with Crippen molar-refractivity contribution in [1.82, 2.24) is 0 Å². The number of benzene rings is 2. The van der Waals surface area contributed by atoms with Crippen LogP contribution in [-0.4, -0.2) is 0 Å². The first kappa shape index (κ1) is 14.6. The zero-order valence-electron chi connectivity index (χ0n) is 10.8. The van der Waals surface area contributed by atoms with Crippen LogP contribution in [0.15, 0.2) is 45.3 Å². The van der Waals surface area contributed by atoms with Gasteiger partial charge in [-0.05, 0) is 65.2 Å². The predicted octanol–water partition coefficient (Wildman–Crippen LogP) is 5.33. The molecule has 0 heterocycles. The van der Waals surface area contributed by atoms with Crippen LogP contribution in [0.3, 0.4) is 0 Å². The van der Waals surface area contributed by atoms with Crippen molar-refractivity contribution in [3.8, 4) is 11.5 Å². The Morgan fingerprint density at radius 2 is 1.79 bits per heavy atom. The Morgan fingerprint density at radius 1 is 1.05 bits per heavy atom. The largest absolute Gasteiger partial charge is 0.456 e. The van der Waals surface area contributed by atoms with Gasteiger partial charge in [-0.1, -0.05) is 28.1 Å². The Bertz CT molecular complexity index is 597. The van der Waals surface area contributed by atoms with Gasteiger partial charge in [-0.25, -0.2) is 0 Å². The summed E-state index contributed by atoms with van der Waals surface area (Å²) in [6.45, 7) is 3.98. The lowest BCUT2D eigenvalue weighted by Crippen LogP contribution is -2.04. The van der Waals surface area contributed by atoms with E-state index in [0.717, 1.165) is 31.6 Å². The minimum Gasteiger partial charge on any atom is -0.456 e. The van der Waals surface area contributed by atoms with Crippen LogP contribution in [0.1, 0.15) is 24.1 Å². The zero-order valence-corrected chi connectivity index (χ0v) is 14.0. The Balaban J connectivity index is 2.31. The summed E-state index contributed by atoms with van der Waals surface area (Å²) in [5, 5.41) is 0. The maximum absolute atomic E-state index is 5.94. The highest BCUT2D eigenvalue weighted by atomic mass is 79.9. The minimum atomic E-state index is 0.0120. The van der Waals surface area contributed by atoms with E-state index in [2.05, 4.69) is 31.9 Å². The van der Waals surface area contributed by atoms with Gasteiger partial charge in [-0.15, -0.1) is 0 Å². The van der Waals surface area contributed by atoms with Gasteiger partial charge in [0.2, 0.25) is 0 Å². The second-order valence-electron chi connectivity index (χ2n) is 4.49. The lowest BCUT2D eigenvalue weighted by atomic mass is 10.1. The molecule has 0 aromatic heterocycles. The fraction of sp³-hybridized carbons (Fsp3) is 0.200. The highest BCUT2D eigenvalue weighted by molar-refractivity contribution is 9.10. The number of halogens is 2. The number of ether oxygens (including phenoxy) is 1. The molecular weight excluding hydrogens is 370 g/mol. The summed E-state index contributed by atoms with van der Waals surface area (Å²) in [6, 6.07) is 11.9. The summed E-state index contributed by atoms with van der Waals surface area (Å²) < 4.78 is 7.84. The number of nitrogens with two attached hydrogens (primary N) is 1. The summed E-state index contributed by atoms with van der Waals surface area (Å²) >= 11 is 6.97. The molecule has 100 valence electrons. The maximum Gasteiger partial charge on any atom is 0.141 e. The standard InChI is InChI=1S/C15H15Br2NO/c1-9-3-5-12(16)8-15(9)19-14-6-4-11(10(2)18)7-13(14)17/h3-8,10H,18H2,1-2H3/t10-/m0/s1. The average Bonchev–Trinajstić information content (AvgIpc) is 2.36. The predicted molar refractivity (Wildman–Crippen MR) is 85.7 cm³/mol. The van der Waals surface area contributed by atoms with Gasteiger partial charge in [0.15, 0.2) is 0 Å². The number of aryl methyl sites for hydroxylation is 1. The van der Waals surface area contributed by atoms with Crippen molar-refractivity contribution in [2.24, 2.45) is 5.73 Å². The normalized spacial score (nSPS) is 12.3. The second-order valence-corrected chi connectivity index (χ2v) is 6.26. The molecule has 4 heteroatoms. The molecule has 2 rings (SSSR count). The molecule has 0 amide bonds. The number of hydrogen-bond donors (Lipinski definition) is 1. The quantitative estimate of drug-likeness (QED) is 0.775. The molecule has 1 atom stereocenters. The molecule has 19 heavy (non-hydrogen) atoms. The third-order valence-corrected chi connectivity index (χ3v) is 3.96. The van der Waals surface area contributed by atoms with Gasteiger partial charge in [-0.2, -0.15) is 0 Å². The van der Waals surface area contributed by atoms with Crippen LogP contribution in [-0.2, 0) is 0 Å². The smallest absolute Gasteiger partial charge is 0.141 e. The fourth-order valence-corrected chi connectivity index (χ4v) is 2.50. The van der Waals surface area contributed by atoms with E-state index >= 15 is 0 Å². The molecule has 0 aliphatic rings. The molecular formula is C15H15Br2NO. The van der Waals surface area contributed by atoms with Gasteiger partial charge in [0.1, 0.15) is 11.5 Å². The molecule has 0 bridgehead atoms. The Hall–Kier alpha value is -0.840. The first-order valence-corrected chi connectivity index (χ1v) is 7.55. The van der Waals surface area contributed by atoms with Gasteiger partial charge in [-0.3, -0.25) is 0 Å². The van der Waals surface area contributed by atoms with Crippen LogP contribution in [0.25, 0.3) is 0 Å². The Kier molecular flexibility index (Phi) is 4.66. The minimum absolute atomic E-state index is 0.0120. The molecule has 2 nitrogen and oxygen atoms in total. The van der Waals surface area contributed by atoms with Gasteiger partial charge >= 0.3 is 0 Å². The maximum atomic E-state index is 5.94. The van der Waals surface area contributed by atoms with Crippen LogP contribution in [0.5, 0.6) is 11.5 Å². The van der Waals surface area contributed by atoms with Crippen LogP contribution in [0.2, 0.25) is 0 Å². The third-order valence-electron chi connectivity index (χ3n) is 2.85. The van der Waals surface area contributed by atoms with Crippen molar-refractivity contribution in [1.29, 1.82) is 0 Å². The lowest BCUT2D eigenvalue weighted by molar-refractivity contribution is 0.475. The van der Waals surface area contributed by atoms with Crippen LogP contribution in [0, 0.1) is 6.92 Å². The Morgan fingerprint density at radius 3 is 2.42 bits per heavy atom. The van der Waals surface area contributed by atoms with E-state index in [1.807, 2.05) is 50.2 Å². The highest BCUT2D eigenvalue weighted by Gasteiger charge is 2.08. The van der Waals surface area contributed by atoms with Crippen molar-refractivity contribution in [3.63, 3.8) is 0 Å². The van der Waals surface area contributed by atoms with E-state index in [9.17, 15) is 0 Å². The molecule has 2 aromatic rings. The van der Waals surface area contributed by atoms with E-state index in [1.165, 1.54) is 0 Å². The molecule has 2 aromatic carbocycles. The first-order chi connectivity index (χ1) is 8.97. The van der Waals surface area contributed by atoms with E-state index in [0.29, 0.717) is 0 Å².